The van der Waals surface area contributed by atoms with Gasteiger partial charge < -0.3 is 4.74 Å². The lowest BCUT2D eigenvalue weighted by Gasteiger charge is -2.02. The number of ether oxygens (including phenoxy) is 1. The third-order valence-corrected chi connectivity index (χ3v) is 1.70. The van der Waals surface area contributed by atoms with Crippen LogP contribution in [0.5, 0.6) is 0 Å². The third kappa shape index (κ3) is 3.05. The third-order valence-electron chi connectivity index (χ3n) is 1.70. The lowest BCUT2D eigenvalue weighted by Crippen LogP contribution is -1.93. The van der Waals surface area contributed by atoms with Gasteiger partial charge in [-0.05, 0) is 18.9 Å². The van der Waals surface area contributed by atoms with Crippen molar-refractivity contribution in [3.05, 3.63) is 35.4 Å². The average Bonchev–Trinajstić information content (AvgIpc) is 2.05. The van der Waals surface area contributed by atoms with Gasteiger partial charge in [0.15, 0.2) is 0 Å². The van der Waals surface area contributed by atoms with Gasteiger partial charge >= 0.3 is 0 Å². The molecule has 1 rings (SSSR count). The topological polar surface area (TPSA) is 9.23 Å². The fourth-order valence-electron chi connectivity index (χ4n) is 1.14. The van der Waals surface area contributed by atoms with Gasteiger partial charge in [0.05, 0.1) is 6.61 Å². The van der Waals surface area contributed by atoms with E-state index in [-0.39, 0.29) is 0 Å². The molecule has 0 saturated heterocycles. The van der Waals surface area contributed by atoms with Gasteiger partial charge in [-0.2, -0.15) is 0 Å². The zero-order valence-electron chi connectivity index (χ0n) is 7.84. The molecule has 66 valence electrons. The molecule has 1 aromatic rings. The molecule has 0 spiro atoms. The van der Waals surface area contributed by atoms with Crippen LogP contribution < -0.4 is 0 Å². The zero-order chi connectivity index (χ0) is 8.81. The zero-order valence-corrected chi connectivity index (χ0v) is 7.84. The van der Waals surface area contributed by atoms with Gasteiger partial charge in [-0.3, -0.25) is 0 Å². The summed E-state index contributed by atoms with van der Waals surface area (Å²) in [4.78, 5) is 0. The van der Waals surface area contributed by atoms with Crippen molar-refractivity contribution in [3.8, 4) is 0 Å². The second-order valence-corrected chi connectivity index (χ2v) is 3.04. The summed E-state index contributed by atoms with van der Waals surface area (Å²) in [6, 6.07) is 8.43. The van der Waals surface area contributed by atoms with E-state index in [4.69, 9.17) is 4.74 Å². The lowest BCUT2D eigenvalue weighted by molar-refractivity contribution is 0.121. The fourth-order valence-corrected chi connectivity index (χ4v) is 1.14. The van der Waals surface area contributed by atoms with Gasteiger partial charge in [0, 0.05) is 6.61 Å². The second kappa shape index (κ2) is 4.94. The predicted octanol–water partition coefficient (Wildman–Crippen LogP) is 2.92. The summed E-state index contributed by atoms with van der Waals surface area (Å²) < 4.78 is 5.42. The molecule has 0 bridgehead atoms. The molecule has 0 aromatic heterocycles. The number of aryl methyl sites for hydroxylation is 1. The molecular weight excluding hydrogens is 148 g/mol. The van der Waals surface area contributed by atoms with E-state index in [9.17, 15) is 0 Å². The Labute approximate surface area is 74.4 Å². The maximum atomic E-state index is 5.42. The number of benzene rings is 1. The van der Waals surface area contributed by atoms with Gasteiger partial charge in [-0.25, -0.2) is 0 Å². The van der Waals surface area contributed by atoms with Crippen molar-refractivity contribution < 1.29 is 4.74 Å². The predicted molar refractivity (Wildman–Crippen MR) is 51.1 cm³/mol. The normalized spacial score (nSPS) is 10.2. The Morgan fingerprint density at radius 1 is 1.33 bits per heavy atom. The highest BCUT2D eigenvalue weighted by atomic mass is 16.5. The summed E-state index contributed by atoms with van der Waals surface area (Å²) in [5, 5.41) is 0. The smallest absolute Gasteiger partial charge is 0.0716 e. The summed E-state index contributed by atoms with van der Waals surface area (Å²) >= 11 is 0. The maximum Gasteiger partial charge on any atom is 0.0716 e. The molecule has 0 saturated carbocycles. The monoisotopic (exact) mass is 164 g/mol. The Hall–Kier alpha value is -0.820. The minimum Gasteiger partial charge on any atom is -0.377 e. The van der Waals surface area contributed by atoms with Crippen molar-refractivity contribution in [1.29, 1.82) is 0 Å². The van der Waals surface area contributed by atoms with E-state index >= 15 is 0 Å². The van der Waals surface area contributed by atoms with Crippen molar-refractivity contribution in [2.45, 2.75) is 26.9 Å². The SMILES string of the molecule is CCCOCc1cccc(C)c1. The minimum absolute atomic E-state index is 0.746. The van der Waals surface area contributed by atoms with Gasteiger partial charge in [-0.1, -0.05) is 36.8 Å². The molecule has 1 nitrogen and oxygen atoms in total. The second-order valence-electron chi connectivity index (χ2n) is 3.04. The standard InChI is InChI=1S/C11H16O/c1-3-7-12-9-11-6-4-5-10(2)8-11/h4-6,8H,3,7,9H2,1-2H3. The van der Waals surface area contributed by atoms with E-state index in [1.807, 2.05) is 0 Å². The van der Waals surface area contributed by atoms with Crippen LogP contribution in [0.2, 0.25) is 0 Å². The van der Waals surface area contributed by atoms with E-state index in [0.29, 0.717) is 0 Å². The quantitative estimate of drug-likeness (QED) is 0.622. The molecule has 0 unspecified atom stereocenters. The van der Waals surface area contributed by atoms with E-state index in [2.05, 4.69) is 38.1 Å². The lowest BCUT2D eigenvalue weighted by atomic mass is 10.1. The number of rotatable bonds is 4. The number of hydrogen-bond acceptors (Lipinski definition) is 1. The molecule has 1 heteroatoms. The van der Waals surface area contributed by atoms with Crippen LogP contribution in [0.4, 0.5) is 0 Å². The summed E-state index contributed by atoms with van der Waals surface area (Å²) in [6.45, 7) is 5.82. The van der Waals surface area contributed by atoms with Gasteiger partial charge in [0.1, 0.15) is 0 Å². The van der Waals surface area contributed by atoms with Crippen LogP contribution in [-0.2, 0) is 11.3 Å². The largest absolute Gasteiger partial charge is 0.377 e. The Morgan fingerprint density at radius 2 is 2.17 bits per heavy atom. The number of hydrogen-bond donors (Lipinski definition) is 0. The molecule has 0 atom stereocenters. The van der Waals surface area contributed by atoms with Crippen molar-refractivity contribution in [1.82, 2.24) is 0 Å². The van der Waals surface area contributed by atoms with Gasteiger partial charge in [0.2, 0.25) is 0 Å². The molecule has 0 fully saturated rings. The Balaban J connectivity index is 2.41. The first-order valence-corrected chi connectivity index (χ1v) is 4.46. The Kier molecular flexibility index (Phi) is 3.81. The molecule has 0 aliphatic carbocycles. The molecule has 0 radical (unpaired) electrons. The molecule has 0 aliphatic heterocycles. The summed E-state index contributed by atoms with van der Waals surface area (Å²) in [5.41, 5.74) is 2.57. The first-order valence-electron chi connectivity index (χ1n) is 4.46. The van der Waals surface area contributed by atoms with Gasteiger partial charge in [0.25, 0.3) is 0 Å². The van der Waals surface area contributed by atoms with Gasteiger partial charge in [-0.15, -0.1) is 0 Å². The fraction of sp³-hybridized carbons (Fsp3) is 0.455. The van der Waals surface area contributed by atoms with Crippen LogP contribution in [0, 0.1) is 6.92 Å². The van der Waals surface area contributed by atoms with Crippen molar-refractivity contribution >= 4 is 0 Å². The molecule has 1 aromatic carbocycles. The molecular formula is C11H16O. The van der Waals surface area contributed by atoms with Crippen LogP contribution in [0.15, 0.2) is 24.3 Å². The summed E-state index contributed by atoms with van der Waals surface area (Å²) in [6.07, 6.45) is 1.09. The van der Waals surface area contributed by atoms with E-state index < -0.39 is 0 Å². The summed E-state index contributed by atoms with van der Waals surface area (Å²) in [7, 11) is 0. The highest BCUT2D eigenvalue weighted by Gasteiger charge is 1.91. The maximum absolute atomic E-state index is 5.42. The molecule has 0 amide bonds. The molecule has 0 aliphatic rings. The van der Waals surface area contributed by atoms with Crippen LogP contribution >= 0.6 is 0 Å². The highest BCUT2D eigenvalue weighted by Crippen LogP contribution is 2.05. The van der Waals surface area contributed by atoms with Crippen LogP contribution in [0.1, 0.15) is 24.5 Å². The average molecular weight is 164 g/mol. The van der Waals surface area contributed by atoms with Crippen molar-refractivity contribution in [2.75, 3.05) is 6.61 Å². The molecule has 0 N–H and O–H groups in total. The Bertz CT molecular complexity index is 230. The highest BCUT2D eigenvalue weighted by molar-refractivity contribution is 5.21. The Morgan fingerprint density at radius 3 is 2.83 bits per heavy atom. The summed E-state index contributed by atoms with van der Waals surface area (Å²) in [5.74, 6) is 0. The van der Waals surface area contributed by atoms with E-state index in [0.717, 1.165) is 19.6 Å². The van der Waals surface area contributed by atoms with Crippen molar-refractivity contribution in [2.24, 2.45) is 0 Å². The van der Waals surface area contributed by atoms with E-state index in [1.165, 1.54) is 11.1 Å². The first-order chi connectivity index (χ1) is 5.83. The molecule has 0 heterocycles. The van der Waals surface area contributed by atoms with Crippen LogP contribution in [0.3, 0.4) is 0 Å². The minimum atomic E-state index is 0.746. The molecule has 12 heavy (non-hydrogen) atoms. The first kappa shape index (κ1) is 9.27. The van der Waals surface area contributed by atoms with Crippen LogP contribution in [-0.4, -0.2) is 6.61 Å². The van der Waals surface area contributed by atoms with Crippen LogP contribution in [0.25, 0.3) is 0 Å². The van der Waals surface area contributed by atoms with Crippen molar-refractivity contribution in [3.63, 3.8) is 0 Å². The van der Waals surface area contributed by atoms with E-state index in [1.54, 1.807) is 0 Å².